The highest BCUT2D eigenvalue weighted by Crippen LogP contribution is 2.29. The number of carbonyl (C=O) groups excluding carboxylic acids is 1. The fourth-order valence-corrected chi connectivity index (χ4v) is 2.25. The molecule has 0 fully saturated rings. The Morgan fingerprint density at radius 1 is 0.950 bits per heavy atom. The molecular weight excluding hydrogens is 244 g/mol. The predicted molar refractivity (Wildman–Crippen MR) is 85.3 cm³/mol. The SMILES string of the molecule is CCc1ccc(-c2cc(C=O)cc(C(C)(C)C)c2)cc1. The fourth-order valence-electron chi connectivity index (χ4n) is 2.25. The second-order valence-corrected chi connectivity index (χ2v) is 6.26. The molecule has 0 spiro atoms. The number of benzene rings is 2. The van der Waals surface area contributed by atoms with Gasteiger partial charge in [0, 0.05) is 5.56 Å². The smallest absolute Gasteiger partial charge is 0.150 e. The van der Waals surface area contributed by atoms with Crippen LogP contribution < -0.4 is 0 Å². The van der Waals surface area contributed by atoms with E-state index < -0.39 is 0 Å². The van der Waals surface area contributed by atoms with Crippen LogP contribution in [0.2, 0.25) is 0 Å². The molecule has 104 valence electrons. The van der Waals surface area contributed by atoms with Gasteiger partial charge in [-0.15, -0.1) is 0 Å². The van der Waals surface area contributed by atoms with Crippen molar-refractivity contribution >= 4 is 6.29 Å². The van der Waals surface area contributed by atoms with Crippen LogP contribution in [0.1, 0.15) is 49.2 Å². The number of hydrogen-bond acceptors (Lipinski definition) is 1. The monoisotopic (exact) mass is 266 g/mol. The number of rotatable bonds is 3. The third-order valence-electron chi connectivity index (χ3n) is 3.65. The first-order valence-electron chi connectivity index (χ1n) is 7.14. The summed E-state index contributed by atoms with van der Waals surface area (Å²) in [6.07, 6.45) is 1.97. The van der Waals surface area contributed by atoms with Crippen molar-refractivity contribution in [1.29, 1.82) is 0 Å². The van der Waals surface area contributed by atoms with Gasteiger partial charge in [-0.05, 0) is 46.2 Å². The van der Waals surface area contributed by atoms with Crippen molar-refractivity contribution in [2.45, 2.75) is 39.5 Å². The van der Waals surface area contributed by atoms with E-state index in [2.05, 4.69) is 58.0 Å². The molecule has 2 aromatic rings. The summed E-state index contributed by atoms with van der Waals surface area (Å²) < 4.78 is 0. The van der Waals surface area contributed by atoms with Gasteiger partial charge in [0.05, 0.1) is 0 Å². The topological polar surface area (TPSA) is 17.1 Å². The number of hydrogen-bond donors (Lipinski definition) is 0. The van der Waals surface area contributed by atoms with Gasteiger partial charge >= 0.3 is 0 Å². The van der Waals surface area contributed by atoms with E-state index in [1.165, 1.54) is 11.1 Å². The van der Waals surface area contributed by atoms with Crippen molar-refractivity contribution < 1.29 is 4.79 Å². The summed E-state index contributed by atoms with van der Waals surface area (Å²) in [4.78, 5) is 11.2. The lowest BCUT2D eigenvalue weighted by Crippen LogP contribution is -2.11. The Labute approximate surface area is 121 Å². The molecule has 2 aromatic carbocycles. The second-order valence-electron chi connectivity index (χ2n) is 6.26. The van der Waals surface area contributed by atoms with E-state index in [1.54, 1.807) is 0 Å². The van der Waals surface area contributed by atoms with Gasteiger partial charge in [-0.2, -0.15) is 0 Å². The summed E-state index contributed by atoms with van der Waals surface area (Å²) >= 11 is 0. The molecule has 0 saturated carbocycles. The molecule has 0 saturated heterocycles. The summed E-state index contributed by atoms with van der Waals surface area (Å²) in [6, 6.07) is 14.7. The van der Waals surface area contributed by atoms with Crippen LogP contribution in [0.25, 0.3) is 11.1 Å². The van der Waals surface area contributed by atoms with E-state index in [0.29, 0.717) is 0 Å². The Kier molecular flexibility index (Phi) is 4.08. The van der Waals surface area contributed by atoms with Crippen molar-refractivity contribution in [2.75, 3.05) is 0 Å². The van der Waals surface area contributed by atoms with Crippen LogP contribution in [0.3, 0.4) is 0 Å². The Hall–Kier alpha value is -1.89. The van der Waals surface area contributed by atoms with Gasteiger partial charge in [-0.3, -0.25) is 4.79 Å². The molecule has 0 atom stereocenters. The summed E-state index contributed by atoms with van der Waals surface area (Å²) in [5.41, 5.74) is 5.58. The molecule has 0 amide bonds. The van der Waals surface area contributed by atoms with Gasteiger partial charge in [-0.25, -0.2) is 0 Å². The third kappa shape index (κ3) is 3.16. The Morgan fingerprint density at radius 3 is 2.10 bits per heavy atom. The normalized spacial score (nSPS) is 11.4. The van der Waals surface area contributed by atoms with E-state index in [-0.39, 0.29) is 5.41 Å². The highest BCUT2D eigenvalue weighted by atomic mass is 16.1. The number of aryl methyl sites for hydroxylation is 1. The Morgan fingerprint density at radius 2 is 1.60 bits per heavy atom. The lowest BCUT2D eigenvalue weighted by Gasteiger charge is -2.20. The maximum absolute atomic E-state index is 11.2. The molecule has 0 aliphatic heterocycles. The molecule has 2 rings (SSSR count). The van der Waals surface area contributed by atoms with Crippen molar-refractivity contribution in [3.8, 4) is 11.1 Å². The molecule has 0 aliphatic rings. The van der Waals surface area contributed by atoms with Crippen LogP contribution in [0.15, 0.2) is 42.5 Å². The summed E-state index contributed by atoms with van der Waals surface area (Å²) in [5.74, 6) is 0. The van der Waals surface area contributed by atoms with Gasteiger partial charge in [0.1, 0.15) is 6.29 Å². The summed E-state index contributed by atoms with van der Waals surface area (Å²) in [6.45, 7) is 8.66. The molecule has 20 heavy (non-hydrogen) atoms. The van der Waals surface area contributed by atoms with Crippen LogP contribution >= 0.6 is 0 Å². The van der Waals surface area contributed by atoms with Crippen LogP contribution in [-0.2, 0) is 11.8 Å². The van der Waals surface area contributed by atoms with Crippen molar-refractivity contribution in [2.24, 2.45) is 0 Å². The lowest BCUT2D eigenvalue weighted by molar-refractivity contribution is 0.112. The summed E-state index contributed by atoms with van der Waals surface area (Å²) in [7, 11) is 0. The molecule has 0 unspecified atom stereocenters. The zero-order chi connectivity index (χ0) is 14.8. The van der Waals surface area contributed by atoms with Crippen molar-refractivity contribution in [3.63, 3.8) is 0 Å². The Balaban J connectivity index is 2.52. The minimum absolute atomic E-state index is 0.0388. The molecule has 1 nitrogen and oxygen atoms in total. The number of carbonyl (C=O) groups is 1. The second kappa shape index (κ2) is 5.62. The van der Waals surface area contributed by atoms with Gasteiger partial charge in [-0.1, -0.05) is 58.0 Å². The van der Waals surface area contributed by atoms with Crippen LogP contribution in [-0.4, -0.2) is 6.29 Å². The largest absolute Gasteiger partial charge is 0.298 e. The van der Waals surface area contributed by atoms with Crippen molar-refractivity contribution in [1.82, 2.24) is 0 Å². The third-order valence-corrected chi connectivity index (χ3v) is 3.65. The fraction of sp³-hybridized carbons (Fsp3) is 0.316. The minimum Gasteiger partial charge on any atom is -0.298 e. The molecule has 0 radical (unpaired) electrons. The van der Waals surface area contributed by atoms with Crippen LogP contribution in [0.4, 0.5) is 0 Å². The number of aldehydes is 1. The standard InChI is InChI=1S/C19H22O/c1-5-14-6-8-16(9-7-14)17-10-15(13-20)11-18(12-17)19(2,3)4/h6-13H,5H2,1-4H3. The van der Waals surface area contributed by atoms with Gasteiger partial charge in [0.25, 0.3) is 0 Å². The zero-order valence-electron chi connectivity index (χ0n) is 12.7. The molecule has 0 N–H and O–H groups in total. The van der Waals surface area contributed by atoms with Gasteiger partial charge in [0.2, 0.25) is 0 Å². The molecule has 0 heterocycles. The molecule has 0 bridgehead atoms. The van der Waals surface area contributed by atoms with E-state index >= 15 is 0 Å². The van der Waals surface area contributed by atoms with Crippen LogP contribution in [0.5, 0.6) is 0 Å². The van der Waals surface area contributed by atoms with Crippen LogP contribution in [0, 0.1) is 0 Å². The maximum Gasteiger partial charge on any atom is 0.150 e. The van der Waals surface area contributed by atoms with Gasteiger partial charge < -0.3 is 0 Å². The molecule has 0 aromatic heterocycles. The van der Waals surface area contributed by atoms with E-state index in [4.69, 9.17) is 0 Å². The minimum atomic E-state index is 0.0388. The van der Waals surface area contributed by atoms with Gasteiger partial charge in [0.15, 0.2) is 0 Å². The highest BCUT2D eigenvalue weighted by Gasteiger charge is 2.15. The first kappa shape index (κ1) is 14.5. The highest BCUT2D eigenvalue weighted by molar-refractivity contribution is 5.80. The molecule has 0 aliphatic carbocycles. The maximum atomic E-state index is 11.2. The Bertz CT molecular complexity index is 601. The zero-order valence-corrected chi connectivity index (χ0v) is 12.7. The summed E-state index contributed by atoms with van der Waals surface area (Å²) in [5, 5.41) is 0. The van der Waals surface area contributed by atoms with E-state index in [0.717, 1.165) is 29.4 Å². The molecule has 1 heteroatoms. The first-order valence-corrected chi connectivity index (χ1v) is 7.14. The average molecular weight is 266 g/mol. The molecular formula is C19H22O. The quantitative estimate of drug-likeness (QED) is 0.712. The average Bonchev–Trinajstić information content (AvgIpc) is 2.46. The van der Waals surface area contributed by atoms with E-state index in [9.17, 15) is 4.79 Å². The van der Waals surface area contributed by atoms with Crippen molar-refractivity contribution in [3.05, 3.63) is 59.2 Å². The predicted octanol–water partition coefficient (Wildman–Crippen LogP) is 5.03. The first-order chi connectivity index (χ1) is 9.44. The van der Waals surface area contributed by atoms with E-state index in [1.807, 2.05) is 12.1 Å². The lowest BCUT2D eigenvalue weighted by atomic mass is 9.84.